The van der Waals surface area contributed by atoms with Crippen molar-refractivity contribution in [1.82, 2.24) is 9.80 Å². The van der Waals surface area contributed by atoms with Gasteiger partial charge in [0.15, 0.2) is 5.76 Å². The van der Waals surface area contributed by atoms with E-state index in [2.05, 4.69) is 17.0 Å². The van der Waals surface area contributed by atoms with E-state index in [-0.39, 0.29) is 18.1 Å². The maximum Gasteiger partial charge on any atom is 0.289 e. The number of piperidine rings is 1. The molecular formula is C29H36N2O5. The van der Waals surface area contributed by atoms with Crippen molar-refractivity contribution in [1.29, 1.82) is 0 Å². The molecule has 2 aliphatic heterocycles. The number of amides is 1. The molecule has 3 aromatic rings. The van der Waals surface area contributed by atoms with Gasteiger partial charge in [0.05, 0.1) is 24.4 Å². The minimum Gasteiger partial charge on any atom is -0.494 e. The van der Waals surface area contributed by atoms with Crippen LogP contribution >= 0.6 is 0 Å². The molecule has 2 atom stereocenters. The molecule has 0 spiro atoms. The molecule has 1 amide bonds. The van der Waals surface area contributed by atoms with Gasteiger partial charge in [-0.2, -0.15) is 0 Å². The average molecular weight is 493 g/mol. The second-order valence-corrected chi connectivity index (χ2v) is 10.2. The number of carbonyl (C=O) groups is 1. The summed E-state index contributed by atoms with van der Waals surface area (Å²) in [5.41, 5.74) is 1.89. The van der Waals surface area contributed by atoms with Crippen molar-refractivity contribution in [2.24, 2.45) is 0 Å². The summed E-state index contributed by atoms with van der Waals surface area (Å²) in [5.74, 6) is 1.11. The van der Waals surface area contributed by atoms with Gasteiger partial charge in [-0.25, -0.2) is 0 Å². The molecule has 0 aliphatic carbocycles. The SMILES string of the molecule is CCOc1ccc(CN2CCC(O)(c3ccc4oc(C(=O)N5C[C@@H](C)O[C@@H](C)C5)cc4c3)CC2)cc1. The summed E-state index contributed by atoms with van der Waals surface area (Å²) < 4.78 is 17.2. The van der Waals surface area contributed by atoms with E-state index >= 15 is 0 Å². The van der Waals surface area contributed by atoms with E-state index in [1.807, 2.05) is 51.1 Å². The molecule has 5 rings (SSSR count). The van der Waals surface area contributed by atoms with E-state index < -0.39 is 5.60 Å². The molecule has 2 fully saturated rings. The third-order valence-corrected chi connectivity index (χ3v) is 7.30. The van der Waals surface area contributed by atoms with E-state index in [1.165, 1.54) is 5.56 Å². The highest BCUT2D eigenvalue weighted by atomic mass is 16.5. The molecule has 192 valence electrons. The van der Waals surface area contributed by atoms with Gasteiger partial charge in [-0.05, 0) is 75.1 Å². The number of ether oxygens (including phenoxy) is 2. The fourth-order valence-electron chi connectivity index (χ4n) is 5.42. The largest absolute Gasteiger partial charge is 0.494 e. The van der Waals surface area contributed by atoms with Crippen LogP contribution in [0, 0.1) is 0 Å². The maximum absolute atomic E-state index is 13.1. The van der Waals surface area contributed by atoms with Crippen LogP contribution in [-0.2, 0) is 16.9 Å². The topological polar surface area (TPSA) is 75.4 Å². The number of carbonyl (C=O) groups excluding carboxylic acids is 1. The van der Waals surface area contributed by atoms with Crippen LogP contribution in [0.25, 0.3) is 11.0 Å². The molecule has 3 heterocycles. The van der Waals surface area contributed by atoms with Crippen LogP contribution in [0.2, 0.25) is 0 Å². The Labute approximate surface area is 212 Å². The third-order valence-electron chi connectivity index (χ3n) is 7.30. The summed E-state index contributed by atoms with van der Waals surface area (Å²) in [6.07, 6.45) is 1.32. The minimum absolute atomic E-state index is 0.00299. The predicted octanol–water partition coefficient (Wildman–Crippen LogP) is 4.56. The summed E-state index contributed by atoms with van der Waals surface area (Å²) in [7, 11) is 0. The average Bonchev–Trinajstić information content (AvgIpc) is 3.29. The molecule has 36 heavy (non-hydrogen) atoms. The van der Waals surface area contributed by atoms with Crippen molar-refractivity contribution in [3.05, 3.63) is 65.4 Å². The van der Waals surface area contributed by atoms with Crippen LogP contribution in [0.15, 0.2) is 52.9 Å². The quantitative estimate of drug-likeness (QED) is 0.544. The Morgan fingerprint density at radius 2 is 1.75 bits per heavy atom. The molecule has 1 N–H and O–H groups in total. The highest BCUT2D eigenvalue weighted by Gasteiger charge is 2.34. The summed E-state index contributed by atoms with van der Waals surface area (Å²) >= 11 is 0. The molecule has 2 aromatic carbocycles. The Bertz CT molecular complexity index is 1190. The van der Waals surface area contributed by atoms with E-state index in [9.17, 15) is 9.90 Å². The first-order valence-corrected chi connectivity index (χ1v) is 13.0. The molecule has 7 heteroatoms. The maximum atomic E-state index is 13.1. The van der Waals surface area contributed by atoms with Crippen LogP contribution in [0.3, 0.4) is 0 Å². The number of furan rings is 1. The lowest BCUT2D eigenvalue weighted by Crippen LogP contribution is -2.48. The Kier molecular flexibility index (Phi) is 7.06. The molecule has 1 aromatic heterocycles. The van der Waals surface area contributed by atoms with Crippen molar-refractivity contribution in [2.45, 2.75) is 58.0 Å². The molecular weight excluding hydrogens is 456 g/mol. The van der Waals surface area contributed by atoms with Gasteiger partial charge in [0.1, 0.15) is 11.3 Å². The minimum atomic E-state index is -0.889. The second-order valence-electron chi connectivity index (χ2n) is 10.2. The number of benzene rings is 2. The summed E-state index contributed by atoms with van der Waals surface area (Å²) in [5, 5.41) is 12.3. The number of morpholine rings is 1. The third kappa shape index (κ3) is 5.28. The molecule has 7 nitrogen and oxygen atoms in total. The monoisotopic (exact) mass is 492 g/mol. The van der Waals surface area contributed by atoms with Gasteiger partial charge in [-0.1, -0.05) is 18.2 Å². The van der Waals surface area contributed by atoms with Gasteiger partial charge in [0.2, 0.25) is 0 Å². The van der Waals surface area contributed by atoms with Crippen LogP contribution in [-0.4, -0.2) is 65.8 Å². The van der Waals surface area contributed by atoms with Crippen LogP contribution < -0.4 is 4.74 Å². The zero-order valence-corrected chi connectivity index (χ0v) is 21.4. The van der Waals surface area contributed by atoms with Gasteiger partial charge in [-0.3, -0.25) is 9.69 Å². The zero-order chi connectivity index (χ0) is 25.3. The van der Waals surface area contributed by atoms with Crippen molar-refractivity contribution < 1.29 is 23.8 Å². The smallest absolute Gasteiger partial charge is 0.289 e. The number of hydrogen-bond acceptors (Lipinski definition) is 6. The van der Waals surface area contributed by atoms with E-state index in [4.69, 9.17) is 13.9 Å². The highest BCUT2D eigenvalue weighted by molar-refractivity contribution is 5.96. The lowest BCUT2D eigenvalue weighted by atomic mass is 9.84. The highest BCUT2D eigenvalue weighted by Crippen LogP contribution is 2.35. The van der Waals surface area contributed by atoms with Gasteiger partial charge >= 0.3 is 0 Å². The van der Waals surface area contributed by atoms with Crippen molar-refractivity contribution >= 4 is 16.9 Å². The van der Waals surface area contributed by atoms with Crippen molar-refractivity contribution in [2.75, 3.05) is 32.8 Å². The van der Waals surface area contributed by atoms with Gasteiger partial charge < -0.3 is 23.9 Å². The lowest BCUT2D eigenvalue weighted by molar-refractivity contribution is -0.0591. The van der Waals surface area contributed by atoms with Crippen LogP contribution in [0.4, 0.5) is 0 Å². The van der Waals surface area contributed by atoms with Crippen LogP contribution in [0.1, 0.15) is 55.3 Å². The van der Waals surface area contributed by atoms with Crippen LogP contribution in [0.5, 0.6) is 5.75 Å². The fourth-order valence-corrected chi connectivity index (χ4v) is 5.42. The van der Waals surface area contributed by atoms with E-state index in [0.29, 0.717) is 43.9 Å². The Morgan fingerprint density at radius 1 is 1.06 bits per heavy atom. The first-order valence-electron chi connectivity index (χ1n) is 13.0. The molecule has 2 saturated heterocycles. The Balaban J connectivity index is 1.24. The standard InChI is InChI=1S/C29H36N2O5/c1-4-34-25-8-5-22(6-9-25)19-30-13-11-29(33,12-14-30)24-7-10-26-23(15-24)16-27(36-26)28(32)31-17-20(2)35-21(3)18-31/h5-10,15-16,20-21,33H,4,11-14,17-19H2,1-3H3/t20-,21+. The molecule has 0 saturated carbocycles. The number of nitrogens with zero attached hydrogens (tertiary/aromatic N) is 2. The normalized spacial score (nSPS) is 22.6. The molecule has 0 bridgehead atoms. The van der Waals surface area contributed by atoms with E-state index in [1.54, 1.807) is 11.0 Å². The fraction of sp³-hybridized carbons (Fsp3) is 0.483. The van der Waals surface area contributed by atoms with Gasteiger partial charge in [0, 0.05) is 38.1 Å². The first kappa shape index (κ1) is 24.8. The molecule has 0 unspecified atom stereocenters. The number of aliphatic hydroxyl groups is 1. The summed E-state index contributed by atoms with van der Waals surface area (Å²) in [4.78, 5) is 17.2. The van der Waals surface area contributed by atoms with Crippen molar-refractivity contribution in [3.63, 3.8) is 0 Å². The van der Waals surface area contributed by atoms with Gasteiger partial charge in [0.25, 0.3) is 5.91 Å². The molecule has 0 radical (unpaired) electrons. The zero-order valence-electron chi connectivity index (χ0n) is 21.4. The predicted molar refractivity (Wildman–Crippen MR) is 138 cm³/mol. The summed E-state index contributed by atoms with van der Waals surface area (Å²) in [6.45, 7) is 10.2. The Hall–Kier alpha value is -2.87. The Morgan fingerprint density at radius 3 is 2.42 bits per heavy atom. The number of hydrogen-bond donors (Lipinski definition) is 1. The van der Waals surface area contributed by atoms with Gasteiger partial charge in [-0.15, -0.1) is 0 Å². The lowest BCUT2D eigenvalue weighted by Gasteiger charge is -2.38. The summed E-state index contributed by atoms with van der Waals surface area (Å²) in [6, 6.07) is 15.8. The first-order chi connectivity index (χ1) is 17.3. The molecule has 2 aliphatic rings. The van der Waals surface area contributed by atoms with E-state index in [0.717, 1.165) is 36.3 Å². The number of rotatable bonds is 6. The number of fused-ring (bicyclic) bond motifs is 1. The van der Waals surface area contributed by atoms with Crippen molar-refractivity contribution in [3.8, 4) is 5.75 Å². The second kappa shape index (κ2) is 10.2. The number of likely N-dealkylation sites (tertiary alicyclic amines) is 1.